The van der Waals surface area contributed by atoms with Crippen molar-refractivity contribution >= 4 is 5.96 Å². The van der Waals surface area contributed by atoms with Crippen LogP contribution in [0.3, 0.4) is 0 Å². The molecular formula is C10H19N3. The fourth-order valence-corrected chi connectivity index (χ4v) is 1.67. The third kappa shape index (κ3) is 2.02. The predicted molar refractivity (Wildman–Crippen MR) is 56.6 cm³/mol. The van der Waals surface area contributed by atoms with Crippen LogP contribution in [0.5, 0.6) is 0 Å². The second-order valence-corrected chi connectivity index (χ2v) is 3.59. The van der Waals surface area contributed by atoms with E-state index in [-0.39, 0.29) is 0 Å². The lowest BCUT2D eigenvalue weighted by Gasteiger charge is -2.29. The van der Waals surface area contributed by atoms with Gasteiger partial charge in [-0.15, -0.1) is 6.58 Å². The first-order valence-corrected chi connectivity index (χ1v) is 4.88. The largest absolute Gasteiger partial charge is 0.370 e. The van der Waals surface area contributed by atoms with Crippen molar-refractivity contribution in [1.82, 2.24) is 4.90 Å². The van der Waals surface area contributed by atoms with Crippen molar-refractivity contribution in [2.75, 3.05) is 13.1 Å². The standard InChI is InChI=1S/C10H19N3/c1-4-6-13-9(8(3)5-2)7-12-10(13)11/h4,8-9H,1,5-7H2,2-3H3,(H2,11,12). The Morgan fingerprint density at radius 1 is 1.85 bits per heavy atom. The van der Waals surface area contributed by atoms with Crippen LogP contribution in [-0.2, 0) is 0 Å². The van der Waals surface area contributed by atoms with Crippen LogP contribution in [0.1, 0.15) is 20.3 Å². The van der Waals surface area contributed by atoms with Gasteiger partial charge in [-0.2, -0.15) is 0 Å². The minimum Gasteiger partial charge on any atom is -0.370 e. The lowest BCUT2D eigenvalue weighted by atomic mass is 9.99. The smallest absolute Gasteiger partial charge is 0.191 e. The van der Waals surface area contributed by atoms with Crippen LogP contribution in [0.25, 0.3) is 0 Å². The highest BCUT2D eigenvalue weighted by Gasteiger charge is 2.28. The zero-order chi connectivity index (χ0) is 9.84. The Morgan fingerprint density at radius 3 is 3.08 bits per heavy atom. The zero-order valence-corrected chi connectivity index (χ0v) is 8.53. The summed E-state index contributed by atoms with van der Waals surface area (Å²) >= 11 is 0. The molecule has 0 radical (unpaired) electrons. The van der Waals surface area contributed by atoms with Crippen molar-refractivity contribution in [1.29, 1.82) is 0 Å². The second kappa shape index (κ2) is 4.30. The number of nitrogens with two attached hydrogens (primary N) is 1. The molecule has 0 amide bonds. The van der Waals surface area contributed by atoms with Crippen molar-refractivity contribution in [2.24, 2.45) is 16.6 Å². The third-order valence-corrected chi connectivity index (χ3v) is 2.76. The summed E-state index contributed by atoms with van der Waals surface area (Å²) in [6, 6.07) is 0.475. The van der Waals surface area contributed by atoms with Crippen molar-refractivity contribution < 1.29 is 0 Å². The van der Waals surface area contributed by atoms with Crippen LogP contribution in [0.15, 0.2) is 17.6 Å². The van der Waals surface area contributed by atoms with E-state index in [0.29, 0.717) is 17.9 Å². The molecule has 0 saturated carbocycles. The Balaban J connectivity index is 2.62. The molecule has 1 aliphatic heterocycles. The van der Waals surface area contributed by atoms with Gasteiger partial charge in [0.1, 0.15) is 0 Å². The minimum atomic E-state index is 0.475. The van der Waals surface area contributed by atoms with E-state index in [1.54, 1.807) is 0 Å². The highest BCUT2D eigenvalue weighted by atomic mass is 15.3. The molecule has 74 valence electrons. The van der Waals surface area contributed by atoms with E-state index in [2.05, 4.69) is 30.3 Å². The molecule has 0 fully saturated rings. The highest BCUT2D eigenvalue weighted by Crippen LogP contribution is 2.19. The Labute approximate surface area is 80.3 Å². The Morgan fingerprint density at radius 2 is 2.54 bits per heavy atom. The van der Waals surface area contributed by atoms with Crippen molar-refractivity contribution in [3.63, 3.8) is 0 Å². The number of aliphatic imine (C=N–C) groups is 1. The monoisotopic (exact) mass is 181 g/mol. The molecule has 3 heteroatoms. The molecule has 0 saturated heterocycles. The second-order valence-electron chi connectivity index (χ2n) is 3.59. The number of guanidine groups is 1. The first kappa shape index (κ1) is 10.1. The fourth-order valence-electron chi connectivity index (χ4n) is 1.67. The van der Waals surface area contributed by atoms with Gasteiger partial charge >= 0.3 is 0 Å². The van der Waals surface area contributed by atoms with E-state index in [1.165, 1.54) is 6.42 Å². The van der Waals surface area contributed by atoms with Gasteiger partial charge in [0.2, 0.25) is 0 Å². The minimum absolute atomic E-state index is 0.475. The Hall–Kier alpha value is -0.990. The molecule has 1 heterocycles. The maximum absolute atomic E-state index is 5.78. The van der Waals surface area contributed by atoms with E-state index < -0.39 is 0 Å². The van der Waals surface area contributed by atoms with E-state index >= 15 is 0 Å². The molecule has 0 bridgehead atoms. The molecule has 0 aromatic rings. The highest BCUT2D eigenvalue weighted by molar-refractivity contribution is 5.80. The van der Waals surface area contributed by atoms with E-state index in [4.69, 9.17) is 5.73 Å². The molecule has 1 rings (SSSR count). The van der Waals surface area contributed by atoms with Crippen LogP contribution in [-0.4, -0.2) is 30.0 Å². The van der Waals surface area contributed by atoms with Gasteiger partial charge in [0.15, 0.2) is 5.96 Å². The first-order valence-electron chi connectivity index (χ1n) is 4.88. The summed E-state index contributed by atoms with van der Waals surface area (Å²) in [5, 5.41) is 0. The molecule has 1 aliphatic rings. The summed E-state index contributed by atoms with van der Waals surface area (Å²) in [7, 11) is 0. The molecule has 0 aliphatic carbocycles. The molecule has 0 aromatic heterocycles. The molecule has 13 heavy (non-hydrogen) atoms. The molecular weight excluding hydrogens is 162 g/mol. The Bertz CT molecular complexity index is 210. The topological polar surface area (TPSA) is 41.6 Å². The normalized spacial score (nSPS) is 24.3. The van der Waals surface area contributed by atoms with Gasteiger partial charge in [0, 0.05) is 6.54 Å². The number of hydrogen-bond donors (Lipinski definition) is 1. The van der Waals surface area contributed by atoms with Crippen LogP contribution < -0.4 is 5.73 Å². The maximum Gasteiger partial charge on any atom is 0.191 e. The van der Waals surface area contributed by atoms with Gasteiger partial charge < -0.3 is 10.6 Å². The molecule has 0 aromatic carbocycles. The van der Waals surface area contributed by atoms with E-state index in [9.17, 15) is 0 Å². The van der Waals surface area contributed by atoms with Crippen LogP contribution in [0.4, 0.5) is 0 Å². The SMILES string of the molecule is C=CCN1C(N)=NCC1C(C)CC. The van der Waals surface area contributed by atoms with Crippen molar-refractivity contribution in [3.05, 3.63) is 12.7 Å². The average Bonchev–Trinajstić information content (AvgIpc) is 2.48. The van der Waals surface area contributed by atoms with Gasteiger partial charge in [-0.3, -0.25) is 4.99 Å². The van der Waals surface area contributed by atoms with Crippen molar-refractivity contribution in [2.45, 2.75) is 26.3 Å². The quantitative estimate of drug-likeness (QED) is 0.662. The first-order chi connectivity index (χ1) is 6.20. The van der Waals surface area contributed by atoms with E-state index in [1.807, 2.05) is 6.08 Å². The number of rotatable bonds is 4. The fraction of sp³-hybridized carbons (Fsp3) is 0.700. The summed E-state index contributed by atoms with van der Waals surface area (Å²) in [4.78, 5) is 6.40. The van der Waals surface area contributed by atoms with Gasteiger partial charge in [-0.25, -0.2) is 0 Å². The Kier molecular flexibility index (Phi) is 3.34. The molecule has 2 unspecified atom stereocenters. The predicted octanol–water partition coefficient (Wildman–Crippen LogP) is 1.22. The molecule has 2 N–H and O–H groups in total. The summed E-state index contributed by atoms with van der Waals surface area (Å²) in [6.07, 6.45) is 3.05. The lowest BCUT2D eigenvalue weighted by Crippen LogP contribution is -2.43. The van der Waals surface area contributed by atoms with Crippen LogP contribution in [0.2, 0.25) is 0 Å². The number of nitrogens with zero attached hydrogens (tertiary/aromatic N) is 2. The molecule has 3 nitrogen and oxygen atoms in total. The summed E-state index contributed by atoms with van der Waals surface area (Å²) < 4.78 is 0. The van der Waals surface area contributed by atoms with Crippen LogP contribution >= 0.6 is 0 Å². The zero-order valence-electron chi connectivity index (χ0n) is 8.53. The van der Waals surface area contributed by atoms with E-state index in [0.717, 1.165) is 13.1 Å². The third-order valence-electron chi connectivity index (χ3n) is 2.76. The summed E-state index contributed by atoms with van der Waals surface area (Å²) in [6.45, 7) is 9.82. The van der Waals surface area contributed by atoms with Gasteiger partial charge in [0.25, 0.3) is 0 Å². The van der Waals surface area contributed by atoms with Crippen LogP contribution in [0, 0.1) is 5.92 Å². The maximum atomic E-state index is 5.78. The average molecular weight is 181 g/mol. The lowest BCUT2D eigenvalue weighted by molar-refractivity contribution is 0.275. The molecule has 0 spiro atoms. The number of hydrogen-bond acceptors (Lipinski definition) is 3. The van der Waals surface area contributed by atoms with Gasteiger partial charge in [-0.05, 0) is 5.92 Å². The molecule has 2 atom stereocenters. The van der Waals surface area contributed by atoms with Crippen molar-refractivity contribution in [3.8, 4) is 0 Å². The summed E-state index contributed by atoms with van der Waals surface area (Å²) in [5.74, 6) is 1.31. The van der Waals surface area contributed by atoms with Gasteiger partial charge in [-0.1, -0.05) is 26.3 Å². The summed E-state index contributed by atoms with van der Waals surface area (Å²) in [5.41, 5.74) is 5.78. The van der Waals surface area contributed by atoms with Gasteiger partial charge in [0.05, 0.1) is 12.6 Å².